The lowest BCUT2D eigenvalue weighted by Gasteiger charge is -2.26. The third-order valence-electron chi connectivity index (χ3n) is 11.9. The van der Waals surface area contributed by atoms with Crippen LogP contribution >= 0.6 is 0 Å². The molecule has 2 aromatic heterocycles. The van der Waals surface area contributed by atoms with Gasteiger partial charge in [0.05, 0.1) is 16.7 Å². The fourth-order valence-electron chi connectivity index (χ4n) is 9.27. The highest BCUT2D eigenvalue weighted by Gasteiger charge is 2.32. The zero-order chi connectivity index (χ0) is 38.2. The molecule has 1 aliphatic rings. The van der Waals surface area contributed by atoms with Crippen LogP contribution in [0.4, 0.5) is 0 Å². The van der Waals surface area contributed by atoms with Crippen LogP contribution in [0.1, 0.15) is 0 Å². The summed E-state index contributed by atoms with van der Waals surface area (Å²) in [6.45, 7) is 0.0442. The van der Waals surface area contributed by atoms with Gasteiger partial charge >= 0.3 is 0 Å². The second-order valence-corrected chi connectivity index (χ2v) is 15.2. The van der Waals surface area contributed by atoms with Crippen LogP contribution in [0.5, 0.6) is 11.5 Å². The van der Waals surface area contributed by atoms with Gasteiger partial charge in [-0.2, -0.15) is 0 Å². The van der Waals surface area contributed by atoms with Crippen molar-refractivity contribution in [2.24, 2.45) is 0 Å². The molecule has 0 bridgehead atoms. The molecule has 3 nitrogen and oxygen atoms in total. The van der Waals surface area contributed by atoms with Crippen molar-refractivity contribution in [1.29, 1.82) is 0 Å². The molecule has 0 amide bonds. The number of furan rings is 1. The smallest absolute Gasteiger partial charge is 0.250 e. The van der Waals surface area contributed by atoms with Crippen molar-refractivity contribution >= 4 is 66.8 Å². The molecule has 11 aromatic rings. The highest BCUT2D eigenvalue weighted by Crippen LogP contribution is 2.42. The lowest BCUT2D eigenvalue weighted by Crippen LogP contribution is -2.54. The van der Waals surface area contributed by atoms with Gasteiger partial charge in [0, 0.05) is 27.1 Å². The standard InChI is InChI=1S/C54H34BNO2/c1-3-14-35(15-4-1)37-28-30-48-44(33-37)45-34-38(36-16-5-2-6-17-36)29-31-49(45)56(48)50-25-13-22-43-42-21-12-20-41(53(42)58-54(43)50)39-18-11-19-40(32-39)55-46-23-7-9-26-51(46)57-52-27-10-8-24-47(52)55/h1-34H. The van der Waals surface area contributed by atoms with Crippen LogP contribution in [0.15, 0.2) is 211 Å². The minimum atomic E-state index is 0.0442. The Morgan fingerprint density at radius 2 is 0.897 bits per heavy atom. The first kappa shape index (κ1) is 32.7. The summed E-state index contributed by atoms with van der Waals surface area (Å²) in [5, 5.41) is 4.60. The number of ether oxygens (including phenoxy) is 1. The summed E-state index contributed by atoms with van der Waals surface area (Å²) in [4.78, 5) is 0. The van der Waals surface area contributed by atoms with E-state index in [4.69, 9.17) is 9.15 Å². The Hall–Kier alpha value is -7.56. The molecule has 270 valence electrons. The van der Waals surface area contributed by atoms with Gasteiger partial charge in [-0.25, -0.2) is 0 Å². The van der Waals surface area contributed by atoms with Crippen molar-refractivity contribution in [2.45, 2.75) is 0 Å². The monoisotopic (exact) mass is 739 g/mol. The average molecular weight is 740 g/mol. The summed E-state index contributed by atoms with van der Waals surface area (Å²) >= 11 is 0. The predicted molar refractivity (Wildman–Crippen MR) is 242 cm³/mol. The number of nitrogens with zero attached hydrogens (tertiary/aromatic N) is 1. The third-order valence-corrected chi connectivity index (χ3v) is 11.9. The summed E-state index contributed by atoms with van der Waals surface area (Å²) in [5.74, 6) is 1.81. The summed E-state index contributed by atoms with van der Waals surface area (Å²) < 4.78 is 15.9. The Morgan fingerprint density at radius 1 is 0.362 bits per heavy atom. The van der Waals surface area contributed by atoms with Crippen LogP contribution in [0.2, 0.25) is 0 Å². The summed E-state index contributed by atoms with van der Waals surface area (Å²) in [6, 6.07) is 73.8. The van der Waals surface area contributed by atoms with Crippen LogP contribution in [0, 0.1) is 0 Å². The summed E-state index contributed by atoms with van der Waals surface area (Å²) in [6.07, 6.45) is 0. The molecule has 0 unspecified atom stereocenters. The second-order valence-electron chi connectivity index (χ2n) is 15.2. The van der Waals surface area contributed by atoms with Gasteiger partial charge in [0.25, 0.3) is 6.71 Å². The van der Waals surface area contributed by atoms with Crippen molar-refractivity contribution in [1.82, 2.24) is 4.57 Å². The lowest BCUT2D eigenvalue weighted by molar-refractivity contribution is 0.487. The van der Waals surface area contributed by atoms with Gasteiger partial charge in [-0.3, -0.25) is 0 Å². The van der Waals surface area contributed by atoms with E-state index in [0.717, 1.165) is 61.3 Å². The zero-order valence-electron chi connectivity index (χ0n) is 31.5. The third kappa shape index (κ3) is 5.08. The fourth-order valence-corrected chi connectivity index (χ4v) is 9.27. The van der Waals surface area contributed by atoms with Crippen molar-refractivity contribution in [2.75, 3.05) is 0 Å². The largest absolute Gasteiger partial charge is 0.458 e. The molecule has 1 aliphatic heterocycles. The maximum absolute atomic E-state index is 7.13. The summed E-state index contributed by atoms with van der Waals surface area (Å²) in [7, 11) is 0. The maximum Gasteiger partial charge on any atom is 0.250 e. The first-order valence-electron chi connectivity index (χ1n) is 19.9. The van der Waals surface area contributed by atoms with E-state index in [1.807, 2.05) is 12.1 Å². The van der Waals surface area contributed by atoms with E-state index < -0.39 is 0 Å². The molecule has 4 heteroatoms. The molecule has 0 N–H and O–H groups in total. The topological polar surface area (TPSA) is 27.3 Å². The van der Waals surface area contributed by atoms with E-state index in [2.05, 4.69) is 199 Å². The zero-order valence-corrected chi connectivity index (χ0v) is 31.5. The number of para-hydroxylation sites is 4. The number of fused-ring (bicyclic) bond motifs is 8. The highest BCUT2D eigenvalue weighted by molar-refractivity contribution is 6.97. The van der Waals surface area contributed by atoms with E-state index >= 15 is 0 Å². The van der Waals surface area contributed by atoms with Crippen molar-refractivity contribution in [3.63, 3.8) is 0 Å². The van der Waals surface area contributed by atoms with Gasteiger partial charge in [0.1, 0.15) is 17.1 Å². The van der Waals surface area contributed by atoms with Crippen LogP contribution in [-0.4, -0.2) is 11.3 Å². The van der Waals surface area contributed by atoms with E-state index in [-0.39, 0.29) is 6.71 Å². The number of hydrogen-bond acceptors (Lipinski definition) is 2. The molecule has 0 saturated heterocycles. The van der Waals surface area contributed by atoms with Crippen molar-refractivity contribution in [3.05, 3.63) is 206 Å². The van der Waals surface area contributed by atoms with E-state index in [1.165, 1.54) is 49.4 Å². The van der Waals surface area contributed by atoms with Crippen LogP contribution in [0.25, 0.3) is 82.8 Å². The molecule has 3 heterocycles. The predicted octanol–water partition coefficient (Wildman–Crippen LogP) is 12.3. The number of benzene rings is 9. The first-order chi connectivity index (χ1) is 28.8. The number of rotatable bonds is 5. The minimum absolute atomic E-state index is 0.0442. The first-order valence-corrected chi connectivity index (χ1v) is 19.9. The van der Waals surface area contributed by atoms with Gasteiger partial charge in [-0.15, -0.1) is 0 Å². The number of aromatic nitrogens is 1. The Balaban J connectivity index is 1.05. The minimum Gasteiger partial charge on any atom is -0.458 e. The maximum atomic E-state index is 7.13. The molecular formula is C54H34BNO2. The van der Waals surface area contributed by atoms with Crippen molar-refractivity contribution < 1.29 is 9.15 Å². The van der Waals surface area contributed by atoms with Crippen molar-refractivity contribution in [3.8, 4) is 50.6 Å². The van der Waals surface area contributed by atoms with E-state index in [0.29, 0.717) is 0 Å². The molecule has 0 saturated carbocycles. The molecule has 12 rings (SSSR count). The molecular weight excluding hydrogens is 705 g/mol. The van der Waals surface area contributed by atoms with Gasteiger partial charge < -0.3 is 13.7 Å². The van der Waals surface area contributed by atoms with Gasteiger partial charge in [-0.1, -0.05) is 169 Å². The highest BCUT2D eigenvalue weighted by atomic mass is 16.5. The molecule has 0 aliphatic carbocycles. The van der Waals surface area contributed by atoms with Crippen LogP contribution in [-0.2, 0) is 0 Å². The van der Waals surface area contributed by atoms with Crippen LogP contribution < -0.4 is 21.1 Å². The molecule has 0 fully saturated rings. The fraction of sp³-hybridized carbons (Fsp3) is 0. The second kappa shape index (κ2) is 13.0. The molecule has 9 aromatic carbocycles. The number of hydrogen-bond donors (Lipinski definition) is 0. The molecule has 0 atom stereocenters. The Morgan fingerprint density at radius 3 is 1.53 bits per heavy atom. The molecule has 0 radical (unpaired) electrons. The Labute approximate surface area is 336 Å². The molecule has 58 heavy (non-hydrogen) atoms. The summed E-state index contributed by atoms with van der Waals surface area (Å²) in [5.41, 5.74) is 15.6. The Kier molecular flexibility index (Phi) is 7.33. The van der Waals surface area contributed by atoms with Gasteiger partial charge in [-0.05, 0) is 81.2 Å². The Bertz CT molecular complexity index is 3240. The van der Waals surface area contributed by atoms with E-state index in [1.54, 1.807) is 0 Å². The van der Waals surface area contributed by atoms with Crippen LogP contribution in [0.3, 0.4) is 0 Å². The normalized spacial score (nSPS) is 12.2. The lowest BCUT2D eigenvalue weighted by atomic mass is 9.36. The van der Waals surface area contributed by atoms with E-state index in [9.17, 15) is 0 Å². The SMILES string of the molecule is c1ccc(-c2ccc3c(c2)c2cc(-c4ccccc4)ccc2n3-c2cccc3c2oc2c(-c4cccc(B5c6ccccc6Oc6ccccc65)c4)cccc23)cc1. The van der Waals surface area contributed by atoms with Gasteiger partial charge in [0.15, 0.2) is 5.58 Å². The average Bonchev–Trinajstić information content (AvgIpc) is 3.84. The molecule has 0 spiro atoms. The quantitative estimate of drug-likeness (QED) is 0.164. The van der Waals surface area contributed by atoms with Gasteiger partial charge in [0.2, 0.25) is 0 Å².